The van der Waals surface area contributed by atoms with E-state index in [1.54, 1.807) is 0 Å². The maximum atomic E-state index is 10.3. The predicted molar refractivity (Wildman–Crippen MR) is 46.2 cm³/mol. The second-order valence-electron chi connectivity index (χ2n) is 3.57. The lowest BCUT2D eigenvalue weighted by Gasteiger charge is -2.29. The largest absolute Gasteiger partial charge is 0.303 e. The molecule has 1 aliphatic carbocycles. The third-order valence-corrected chi connectivity index (χ3v) is 2.29. The lowest BCUT2D eigenvalue weighted by molar-refractivity contribution is -0.108. The molecule has 0 aromatic carbocycles. The van der Waals surface area contributed by atoms with Crippen LogP contribution in [-0.2, 0) is 4.79 Å². The van der Waals surface area contributed by atoms with Gasteiger partial charge in [-0.15, -0.1) is 0 Å². The molecule has 1 unspecified atom stereocenters. The molecule has 0 bridgehead atoms. The Morgan fingerprint density at radius 2 is 2.18 bits per heavy atom. The molecule has 0 radical (unpaired) electrons. The summed E-state index contributed by atoms with van der Waals surface area (Å²) in [5.74, 6) is 0.380. The fourth-order valence-corrected chi connectivity index (χ4v) is 1.36. The molecule has 0 saturated carbocycles. The maximum Gasteiger partial charge on any atom is 0.120 e. The van der Waals surface area contributed by atoms with Crippen LogP contribution in [0, 0.1) is 11.3 Å². The topological polar surface area (TPSA) is 17.1 Å². The first-order chi connectivity index (χ1) is 5.17. The van der Waals surface area contributed by atoms with Gasteiger partial charge in [-0.05, 0) is 11.3 Å². The average Bonchev–Trinajstić information content (AvgIpc) is 1.94. The van der Waals surface area contributed by atoms with E-state index in [1.807, 2.05) is 12.2 Å². The highest BCUT2D eigenvalue weighted by Crippen LogP contribution is 2.33. The van der Waals surface area contributed by atoms with Crippen LogP contribution in [0.4, 0.5) is 0 Å². The van der Waals surface area contributed by atoms with Gasteiger partial charge >= 0.3 is 0 Å². The number of hydrogen-bond acceptors (Lipinski definition) is 1. The second kappa shape index (κ2) is 3.04. The van der Waals surface area contributed by atoms with Crippen molar-refractivity contribution in [3.05, 3.63) is 24.3 Å². The van der Waals surface area contributed by atoms with E-state index in [1.165, 1.54) is 0 Å². The quantitative estimate of drug-likeness (QED) is 0.552. The van der Waals surface area contributed by atoms with Gasteiger partial charge in [0.15, 0.2) is 0 Å². The smallest absolute Gasteiger partial charge is 0.120 e. The summed E-state index contributed by atoms with van der Waals surface area (Å²) in [6.07, 6.45) is 9.94. The fourth-order valence-electron chi connectivity index (χ4n) is 1.36. The van der Waals surface area contributed by atoms with Crippen LogP contribution in [0.3, 0.4) is 0 Å². The monoisotopic (exact) mass is 150 g/mol. The van der Waals surface area contributed by atoms with Gasteiger partial charge in [-0.25, -0.2) is 0 Å². The van der Waals surface area contributed by atoms with Crippen molar-refractivity contribution in [2.24, 2.45) is 11.3 Å². The van der Waals surface area contributed by atoms with E-state index in [4.69, 9.17) is 0 Å². The molecular weight excluding hydrogens is 136 g/mol. The van der Waals surface area contributed by atoms with Crippen molar-refractivity contribution in [1.82, 2.24) is 0 Å². The Morgan fingerprint density at radius 3 is 2.73 bits per heavy atom. The van der Waals surface area contributed by atoms with Gasteiger partial charge in [0.05, 0.1) is 0 Å². The lowest BCUT2D eigenvalue weighted by atomic mass is 9.75. The number of aldehydes is 1. The zero-order valence-electron chi connectivity index (χ0n) is 7.08. The zero-order valence-corrected chi connectivity index (χ0v) is 7.08. The molecule has 1 rings (SSSR count). The Balaban J connectivity index is 2.71. The SMILES string of the molecule is CC1(C)C=CC=CC1CC=O. The Hall–Kier alpha value is -0.850. The number of carbonyl (C=O) groups is 1. The summed E-state index contributed by atoms with van der Waals surface area (Å²) in [6, 6.07) is 0. The minimum absolute atomic E-state index is 0.148. The Morgan fingerprint density at radius 1 is 1.45 bits per heavy atom. The minimum atomic E-state index is 0.148. The number of rotatable bonds is 2. The summed E-state index contributed by atoms with van der Waals surface area (Å²) in [7, 11) is 0. The summed E-state index contributed by atoms with van der Waals surface area (Å²) in [6.45, 7) is 4.31. The van der Waals surface area contributed by atoms with E-state index in [0.29, 0.717) is 12.3 Å². The van der Waals surface area contributed by atoms with Gasteiger partial charge in [0.25, 0.3) is 0 Å². The van der Waals surface area contributed by atoms with Crippen LogP contribution in [0.15, 0.2) is 24.3 Å². The van der Waals surface area contributed by atoms with Crippen molar-refractivity contribution in [3.63, 3.8) is 0 Å². The highest BCUT2D eigenvalue weighted by atomic mass is 16.1. The Kier molecular flexibility index (Phi) is 2.28. The molecule has 0 saturated heterocycles. The van der Waals surface area contributed by atoms with Gasteiger partial charge in [0, 0.05) is 6.42 Å². The summed E-state index contributed by atoms with van der Waals surface area (Å²) < 4.78 is 0. The zero-order chi connectivity index (χ0) is 8.32. The van der Waals surface area contributed by atoms with Gasteiger partial charge in [-0.1, -0.05) is 38.2 Å². The molecule has 0 N–H and O–H groups in total. The third kappa shape index (κ3) is 1.79. The molecule has 0 heterocycles. The summed E-state index contributed by atoms with van der Waals surface area (Å²) in [5, 5.41) is 0. The number of hydrogen-bond donors (Lipinski definition) is 0. The first kappa shape index (κ1) is 8.25. The van der Waals surface area contributed by atoms with E-state index < -0.39 is 0 Å². The third-order valence-electron chi connectivity index (χ3n) is 2.29. The summed E-state index contributed by atoms with van der Waals surface area (Å²) >= 11 is 0. The molecule has 0 aromatic rings. The van der Waals surface area contributed by atoms with Crippen LogP contribution in [-0.4, -0.2) is 6.29 Å². The number of allylic oxidation sites excluding steroid dienone is 4. The van der Waals surface area contributed by atoms with E-state index in [0.717, 1.165) is 6.29 Å². The van der Waals surface area contributed by atoms with Crippen LogP contribution in [0.25, 0.3) is 0 Å². The highest BCUT2D eigenvalue weighted by molar-refractivity contribution is 5.51. The van der Waals surface area contributed by atoms with Gasteiger partial charge in [0.1, 0.15) is 6.29 Å². The standard InChI is InChI=1S/C10H14O/c1-10(2)7-4-3-5-9(10)6-8-11/h3-5,7-9H,6H2,1-2H3. The van der Waals surface area contributed by atoms with Crippen molar-refractivity contribution in [1.29, 1.82) is 0 Å². The lowest BCUT2D eigenvalue weighted by Crippen LogP contribution is -2.21. The van der Waals surface area contributed by atoms with Gasteiger partial charge in [-0.3, -0.25) is 0 Å². The first-order valence-electron chi connectivity index (χ1n) is 3.96. The second-order valence-corrected chi connectivity index (χ2v) is 3.57. The Bertz CT molecular complexity index is 199. The molecule has 0 spiro atoms. The molecular formula is C10H14O. The van der Waals surface area contributed by atoms with Crippen molar-refractivity contribution in [2.75, 3.05) is 0 Å². The summed E-state index contributed by atoms with van der Waals surface area (Å²) in [5.41, 5.74) is 0.148. The fraction of sp³-hybridized carbons (Fsp3) is 0.500. The van der Waals surface area contributed by atoms with Crippen LogP contribution >= 0.6 is 0 Å². The van der Waals surface area contributed by atoms with Crippen LogP contribution in [0.2, 0.25) is 0 Å². The average molecular weight is 150 g/mol. The molecule has 1 heteroatoms. The van der Waals surface area contributed by atoms with Crippen LogP contribution < -0.4 is 0 Å². The van der Waals surface area contributed by atoms with E-state index in [-0.39, 0.29) is 5.41 Å². The molecule has 0 aliphatic heterocycles. The van der Waals surface area contributed by atoms with Gasteiger partial charge < -0.3 is 4.79 Å². The molecule has 0 aromatic heterocycles. The van der Waals surface area contributed by atoms with E-state index >= 15 is 0 Å². The highest BCUT2D eigenvalue weighted by Gasteiger charge is 2.25. The van der Waals surface area contributed by atoms with Crippen molar-refractivity contribution >= 4 is 6.29 Å². The molecule has 0 fully saturated rings. The van der Waals surface area contributed by atoms with Crippen molar-refractivity contribution < 1.29 is 4.79 Å². The van der Waals surface area contributed by atoms with E-state index in [9.17, 15) is 4.79 Å². The Labute approximate surface area is 67.8 Å². The maximum absolute atomic E-state index is 10.3. The molecule has 1 aliphatic rings. The predicted octanol–water partition coefficient (Wildman–Crippen LogP) is 2.34. The number of carbonyl (C=O) groups excluding carboxylic acids is 1. The molecule has 1 atom stereocenters. The molecule has 0 amide bonds. The summed E-state index contributed by atoms with van der Waals surface area (Å²) in [4.78, 5) is 10.3. The van der Waals surface area contributed by atoms with E-state index in [2.05, 4.69) is 26.0 Å². The first-order valence-corrected chi connectivity index (χ1v) is 3.96. The van der Waals surface area contributed by atoms with Gasteiger partial charge in [-0.2, -0.15) is 0 Å². The minimum Gasteiger partial charge on any atom is -0.303 e. The van der Waals surface area contributed by atoms with Gasteiger partial charge in [0.2, 0.25) is 0 Å². The molecule has 1 nitrogen and oxygen atoms in total. The molecule has 11 heavy (non-hydrogen) atoms. The van der Waals surface area contributed by atoms with Crippen LogP contribution in [0.1, 0.15) is 20.3 Å². The van der Waals surface area contributed by atoms with Crippen molar-refractivity contribution in [3.8, 4) is 0 Å². The molecule has 60 valence electrons. The van der Waals surface area contributed by atoms with Crippen molar-refractivity contribution in [2.45, 2.75) is 20.3 Å². The van der Waals surface area contributed by atoms with Crippen LogP contribution in [0.5, 0.6) is 0 Å². The normalized spacial score (nSPS) is 26.9.